The van der Waals surface area contributed by atoms with Crippen LogP contribution in [0.2, 0.25) is 0 Å². The van der Waals surface area contributed by atoms with Crippen LogP contribution in [0, 0.1) is 11.4 Å². The quantitative estimate of drug-likeness (QED) is 0.587. The van der Waals surface area contributed by atoms with E-state index in [0.29, 0.717) is 16.8 Å². The van der Waals surface area contributed by atoms with E-state index in [4.69, 9.17) is 11.5 Å². The molecule has 1 aliphatic rings. The Morgan fingerprint density at radius 3 is 2.62 bits per heavy atom. The third kappa shape index (κ3) is 3.13. The highest BCUT2D eigenvalue weighted by atomic mass is 19.1. The van der Waals surface area contributed by atoms with Gasteiger partial charge in [0.2, 0.25) is 5.95 Å². The fraction of sp³-hybridized carbons (Fsp3) is 0.381. The second-order valence-corrected chi connectivity index (χ2v) is 8.60. The Morgan fingerprint density at radius 1 is 1.28 bits per heavy atom. The number of aromatic nitrogens is 3. The summed E-state index contributed by atoms with van der Waals surface area (Å²) in [5.41, 5.74) is 14.8. The van der Waals surface area contributed by atoms with E-state index in [2.05, 4.69) is 36.2 Å². The Bertz CT molecular complexity index is 1090. The minimum absolute atomic E-state index is 0.0626. The maximum absolute atomic E-state index is 13.2. The molecule has 3 aromatic rings. The number of pyridine rings is 1. The number of fused-ring (bicyclic) bond motifs is 1. The molecule has 3 aromatic heterocycles. The van der Waals surface area contributed by atoms with E-state index in [-0.39, 0.29) is 17.0 Å². The van der Waals surface area contributed by atoms with E-state index >= 15 is 0 Å². The molecule has 0 bridgehead atoms. The summed E-state index contributed by atoms with van der Waals surface area (Å²) in [6.07, 6.45) is 6.49. The van der Waals surface area contributed by atoms with Gasteiger partial charge in [-0.3, -0.25) is 4.79 Å². The molecule has 2 atom stereocenters. The van der Waals surface area contributed by atoms with Crippen LogP contribution in [-0.4, -0.2) is 32.1 Å². The third-order valence-corrected chi connectivity index (χ3v) is 6.58. The van der Waals surface area contributed by atoms with Gasteiger partial charge in [-0.25, -0.2) is 9.50 Å². The maximum atomic E-state index is 13.2. The zero-order chi connectivity index (χ0) is 21.0. The molecule has 0 unspecified atom stereocenters. The van der Waals surface area contributed by atoms with Gasteiger partial charge < -0.3 is 16.8 Å². The molecule has 0 saturated heterocycles. The van der Waals surface area contributed by atoms with Gasteiger partial charge in [0.05, 0.1) is 23.0 Å². The number of halogens is 1. The van der Waals surface area contributed by atoms with Crippen molar-refractivity contribution < 1.29 is 9.18 Å². The smallest absolute Gasteiger partial charge is 0.252 e. The molecule has 3 heterocycles. The first kappa shape index (κ1) is 19.3. The molecular weight excluding hydrogens is 371 g/mol. The van der Waals surface area contributed by atoms with Crippen LogP contribution in [-0.2, 0) is 0 Å². The highest BCUT2D eigenvalue weighted by Crippen LogP contribution is 2.46. The molecule has 1 saturated carbocycles. The number of hydrogen-bond donors (Lipinski definition) is 3. The lowest BCUT2D eigenvalue weighted by Crippen LogP contribution is -2.51. The van der Waals surface area contributed by atoms with Crippen molar-refractivity contribution in [3.8, 4) is 11.1 Å². The van der Waals surface area contributed by atoms with Crippen LogP contribution in [0.4, 0.5) is 10.1 Å². The molecule has 1 amide bonds. The topological polar surface area (TPSA) is 111 Å². The molecule has 1 fully saturated rings. The van der Waals surface area contributed by atoms with Crippen molar-refractivity contribution in [2.45, 2.75) is 45.2 Å². The molecule has 4 rings (SSSR count). The van der Waals surface area contributed by atoms with Gasteiger partial charge in [-0.15, -0.1) is 0 Å². The van der Waals surface area contributed by atoms with E-state index in [0.717, 1.165) is 24.0 Å². The molecule has 7 nitrogen and oxygen atoms in total. The number of carbonyl (C=O) groups excluding carboxylic acids is 1. The first-order chi connectivity index (χ1) is 13.6. The third-order valence-electron chi connectivity index (χ3n) is 6.58. The van der Waals surface area contributed by atoms with Gasteiger partial charge in [0.25, 0.3) is 5.91 Å². The Labute approximate surface area is 168 Å². The second-order valence-electron chi connectivity index (χ2n) is 8.60. The Morgan fingerprint density at radius 2 is 2.03 bits per heavy atom. The summed E-state index contributed by atoms with van der Waals surface area (Å²) >= 11 is 0. The average molecular weight is 396 g/mol. The maximum Gasteiger partial charge on any atom is 0.252 e. The first-order valence-electron chi connectivity index (χ1n) is 9.59. The number of nitrogens with one attached hydrogen (secondary N) is 1. The van der Waals surface area contributed by atoms with Gasteiger partial charge in [-0.05, 0) is 38.0 Å². The highest BCUT2D eigenvalue weighted by Gasteiger charge is 2.49. The lowest BCUT2D eigenvalue weighted by atomic mass is 9.75. The number of anilines is 1. The van der Waals surface area contributed by atoms with Crippen LogP contribution in [0.3, 0.4) is 0 Å². The number of hydrogen-bond acceptors (Lipinski definition) is 5. The molecule has 0 aromatic carbocycles. The van der Waals surface area contributed by atoms with Gasteiger partial charge in [-0.2, -0.15) is 9.49 Å². The van der Waals surface area contributed by atoms with Gasteiger partial charge in [0.15, 0.2) is 0 Å². The van der Waals surface area contributed by atoms with Crippen molar-refractivity contribution in [1.82, 2.24) is 14.6 Å². The normalized spacial score (nSPS) is 23.4. The SMILES string of the molecule is CC1(C)[C@H](Nc2c(C(N)=O)cnn3cc(-c4ccc(F)nc4)cc23)CC[C@@]1(C)N. The number of carbonyl (C=O) groups is 1. The van der Waals surface area contributed by atoms with Gasteiger partial charge >= 0.3 is 0 Å². The van der Waals surface area contributed by atoms with Crippen LogP contribution in [0.15, 0.2) is 36.8 Å². The zero-order valence-electron chi connectivity index (χ0n) is 16.7. The van der Waals surface area contributed by atoms with Crippen LogP contribution in [0.1, 0.15) is 44.0 Å². The fourth-order valence-electron chi connectivity index (χ4n) is 4.05. The van der Waals surface area contributed by atoms with E-state index < -0.39 is 11.9 Å². The van der Waals surface area contributed by atoms with E-state index in [1.54, 1.807) is 10.6 Å². The highest BCUT2D eigenvalue weighted by molar-refractivity contribution is 6.02. The van der Waals surface area contributed by atoms with Crippen molar-refractivity contribution in [3.63, 3.8) is 0 Å². The summed E-state index contributed by atoms with van der Waals surface area (Å²) in [4.78, 5) is 15.8. The summed E-state index contributed by atoms with van der Waals surface area (Å²) in [6.45, 7) is 6.32. The van der Waals surface area contributed by atoms with Gasteiger partial charge in [0.1, 0.15) is 0 Å². The molecule has 5 N–H and O–H groups in total. The molecule has 0 aliphatic heterocycles. The van der Waals surface area contributed by atoms with E-state index in [1.807, 2.05) is 12.3 Å². The monoisotopic (exact) mass is 396 g/mol. The molecular formula is C21H25FN6O. The minimum atomic E-state index is -0.556. The van der Waals surface area contributed by atoms with Gasteiger partial charge in [0, 0.05) is 40.5 Å². The number of nitrogens with two attached hydrogens (primary N) is 2. The number of primary amides is 1. The predicted octanol–water partition coefficient (Wildman–Crippen LogP) is 2.95. The summed E-state index contributed by atoms with van der Waals surface area (Å²) in [6, 6.07) is 4.91. The Hall–Kier alpha value is -3.00. The summed E-state index contributed by atoms with van der Waals surface area (Å²) in [5.74, 6) is -1.10. The molecule has 29 heavy (non-hydrogen) atoms. The molecule has 8 heteroatoms. The number of amides is 1. The average Bonchev–Trinajstić information content (AvgIpc) is 3.17. The summed E-state index contributed by atoms with van der Waals surface area (Å²) < 4.78 is 14.9. The standard InChI is InChI=1S/C21H25FN6O/c1-20(2)16(6-7-21(20,3)24)27-18-14(19(23)29)10-26-28-11-13(8-15(18)28)12-4-5-17(22)25-9-12/h4-5,8-11,16,27H,6-7,24H2,1-3H3,(H2,23,29)/t16-,21-/m1/s1. The number of nitrogens with zero attached hydrogens (tertiary/aromatic N) is 3. The van der Waals surface area contributed by atoms with Crippen molar-refractivity contribution in [3.05, 3.63) is 48.3 Å². The molecule has 1 aliphatic carbocycles. The Kier molecular flexibility index (Phi) is 4.34. The van der Waals surface area contributed by atoms with Gasteiger partial charge in [-0.1, -0.05) is 13.8 Å². The van der Waals surface area contributed by atoms with Crippen molar-refractivity contribution >= 4 is 17.1 Å². The molecule has 152 valence electrons. The number of rotatable bonds is 4. The predicted molar refractivity (Wildman–Crippen MR) is 110 cm³/mol. The molecule has 0 spiro atoms. The van der Waals surface area contributed by atoms with E-state index in [1.165, 1.54) is 18.5 Å². The second kappa shape index (κ2) is 6.52. The zero-order valence-corrected chi connectivity index (χ0v) is 16.7. The van der Waals surface area contributed by atoms with Crippen molar-refractivity contribution in [2.24, 2.45) is 16.9 Å². The van der Waals surface area contributed by atoms with Crippen molar-refractivity contribution in [2.75, 3.05) is 5.32 Å². The minimum Gasteiger partial charge on any atom is -0.379 e. The lowest BCUT2D eigenvalue weighted by molar-refractivity contribution is 0.100. The van der Waals surface area contributed by atoms with Crippen LogP contribution in [0.5, 0.6) is 0 Å². The van der Waals surface area contributed by atoms with Crippen LogP contribution < -0.4 is 16.8 Å². The fourth-order valence-corrected chi connectivity index (χ4v) is 4.05. The largest absolute Gasteiger partial charge is 0.379 e. The summed E-state index contributed by atoms with van der Waals surface area (Å²) in [7, 11) is 0. The van der Waals surface area contributed by atoms with Crippen LogP contribution in [0.25, 0.3) is 16.6 Å². The Balaban J connectivity index is 1.82. The summed E-state index contributed by atoms with van der Waals surface area (Å²) in [5, 5.41) is 7.86. The molecule has 0 radical (unpaired) electrons. The lowest BCUT2D eigenvalue weighted by Gasteiger charge is -2.39. The van der Waals surface area contributed by atoms with Crippen molar-refractivity contribution in [1.29, 1.82) is 0 Å². The van der Waals surface area contributed by atoms with Crippen LogP contribution >= 0.6 is 0 Å². The first-order valence-corrected chi connectivity index (χ1v) is 9.59. The van der Waals surface area contributed by atoms with E-state index in [9.17, 15) is 9.18 Å².